The molecule has 0 unspecified atom stereocenters. The maximum Gasteiger partial charge on any atom is 0.329 e. The second kappa shape index (κ2) is 7.39. The second-order valence-corrected chi connectivity index (χ2v) is 9.76. The molecule has 140 valence electrons. The molecule has 1 aliphatic heterocycles. The first-order valence-electron chi connectivity index (χ1n) is 8.18. The van der Waals surface area contributed by atoms with E-state index in [9.17, 15) is 18.0 Å². The molecule has 1 heterocycles. The van der Waals surface area contributed by atoms with E-state index in [0.29, 0.717) is 13.0 Å². The molecule has 0 spiro atoms. The van der Waals surface area contributed by atoms with Gasteiger partial charge in [-0.2, -0.15) is 0 Å². The van der Waals surface area contributed by atoms with Crippen LogP contribution in [0.4, 0.5) is 0 Å². The van der Waals surface area contributed by atoms with Crippen molar-refractivity contribution in [3.8, 4) is 0 Å². The lowest BCUT2D eigenvalue weighted by Gasteiger charge is -2.33. The van der Waals surface area contributed by atoms with Gasteiger partial charge in [0.1, 0.15) is 11.6 Å². The molecule has 1 rings (SSSR count). The number of rotatable bonds is 5. The summed E-state index contributed by atoms with van der Waals surface area (Å²) >= 11 is 0. The second-order valence-electron chi connectivity index (χ2n) is 7.78. The third kappa shape index (κ3) is 5.44. The molecule has 0 radical (unpaired) electrons. The van der Waals surface area contributed by atoms with Crippen LogP contribution < -0.4 is 0 Å². The van der Waals surface area contributed by atoms with Crippen molar-refractivity contribution < 1.29 is 22.7 Å². The third-order valence-electron chi connectivity index (χ3n) is 4.01. The maximum absolute atomic E-state index is 12.7. The van der Waals surface area contributed by atoms with Crippen molar-refractivity contribution in [2.45, 2.75) is 52.7 Å². The van der Waals surface area contributed by atoms with Gasteiger partial charge in [0.15, 0.2) is 0 Å². The van der Waals surface area contributed by atoms with Crippen LogP contribution in [0, 0.1) is 11.8 Å². The van der Waals surface area contributed by atoms with E-state index in [4.69, 9.17) is 4.74 Å². The average Bonchev–Trinajstić information content (AvgIpc) is 2.84. The molecule has 0 N–H and O–H groups in total. The van der Waals surface area contributed by atoms with Crippen LogP contribution in [0.2, 0.25) is 0 Å². The van der Waals surface area contributed by atoms with Gasteiger partial charge in [0.2, 0.25) is 15.9 Å². The lowest BCUT2D eigenvalue weighted by Crippen LogP contribution is -2.50. The normalized spacial score (nSPS) is 20.9. The van der Waals surface area contributed by atoms with Crippen molar-refractivity contribution in [2.24, 2.45) is 11.8 Å². The zero-order valence-electron chi connectivity index (χ0n) is 15.7. The summed E-state index contributed by atoms with van der Waals surface area (Å²) in [6, 6.07) is -0.691. The van der Waals surface area contributed by atoms with E-state index in [1.165, 1.54) is 9.21 Å². The Bertz CT molecular complexity index is 580. The topological polar surface area (TPSA) is 84.0 Å². The molecule has 24 heavy (non-hydrogen) atoms. The molecule has 0 aliphatic carbocycles. The van der Waals surface area contributed by atoms with Gasteiger partial charge < -0.3 is 9.64 Å². The Morgan fingerprint density at radius 1 is 1.25 bits per heavy atom. The monoisotopic (exact) mass is 362 g/mol. The first-order valence-corrected chi connectivity index (χ1v) is 10.0. The zero-order chi connectivity index (χ0) is 18.9. The molecule has 1 amide bonds. The summed E-state index contributed by atoms with van der Waals surface area (Å²) < 4.78 is 29.9. The van der Waals surface area contributed by atoms with Crippen LogP contribution >= 0.6 is 0 Å². The number of likely N-dealkylation sites (N-methyl/N-ethyl adjacent to an activating group) is 1. The molecule has 0 aromatic rings. The highest BCUT2D eigenvalue weighted by Crippen LogP contribution is 2.24. The number of hydrogen-bond donors (Lipinski definition) is 0. The Morgan fingerprint density at radius 2 is 1.79 bits per heavy atom. The number of esters is 1. The van der Waals surface area contributed by atoms with Crippen LogP contribution in [-0.2, 0) is 24.3 Å². The van der Waals surface area contributed by atoms with E-state index in [0.717, 1.165) is 6.26 Å². The molecule has 1 fully saturated rings. The molecule has 8 heteroatoms. The van der Waals surface area contributed by atoms with E-state index >= 15 is 0 Å². The molecule has 1 saturated heterocycles. The fraction of sp³-hybridized carbons (Fsp3) is 0.875. The molecule has 0 aromatic carbocycles. The highest BCUT2D eigenvalue weighted by atomic mass is 32.2. The van der Waals surface area contributed by atoms with E-state index in [2.05, 4.69) is 0 Å². The maximum atomic E-state index is 12.7. The van der Waals surface area contributed by atoms with Crippen LogP contribution in [0.1, 0.15) is 41.0 Å². The zero-order valence-corrected chi connectivity index (χ0v) is 16.5. The Labute approximate surface area is 145 Å². The van der Waals surface area contributed by atoms with Gasteiger partial charge in [-0.3, -0.25) is 4.79 Å². The predicted molar refractivity (Wildman–Crippen MR) is 91.8 cm³/mol. The summed E-state index contributed by atoms with van der Waals surface area (Å²) in [4.78, 5) is 26.6. The SMILES string of the molecule is CC(C)[C@@H](C(=O)OC(C)(C)C)N(C)C(=O)[C@H]1CCN(S(C)(=O)=O)C1. The molecule has 1 aliphatic rings. The van der Waals surface area contributed by atoms with E-state index < -0.39 is 33.6 Å². The first-order chi connectivity index (χ1) is 10.7. The number of ether oxygens (including phenoxy) is 1. The van der Waals surface area contributed by atoms with Crippen LogP contribution in [0.5, 0.6) is 0 Å². The minimum Gasteiger partial charge on any atom is -0.458 e. The average molecular weight is 362 g/mol. The lowest BCUT2D eigenvalue weighted by atomic mass is 9.99. The van der Waals surface area contributed by atoms with Gasteiger partial charge in [-0.1, -0.05) is 13.8 Å². The van der Waals surface area contributed by atoms with Gasteiger partial charge in [0.25, 0.3) is 0 Å². The van der Waals surface area contributed by atoms with Gasteiger partial charge in [0.05, 0.1) is 12.2 Å². The van der Waals surface area contributed by atoms with E-state index in [1.807, 2.05) is 13.8 Å². The Morgan fingerprint density at radius 3 is 2.17 bits per heavy atom. The molecular formula is C16H30N2O5S. The highest BCUT2D eigenvalue weighted by molar-refractivity contribution is 7.88. The van der Waals surface area contributed by atoms with Gasteiger partial charge in [-0.25, -0.2) is 17.5 Å². The number of carbonyl (C=O) groups excluding carboxylic acids is 2. The number of nitrogens with zero attached hydrogens (tertiary/aromatic N) is 2. The summed E-state index contributed by atoms with van der Waals surface area (Å²) in [7, 11) is -1.72. The minimum atomic E-state index is -3.30. The summed E-state index contributed by atoms with van der Waals surface area (Å²) in [5.41, 5.74) is -0.630. The van der Waals surface area contributed by atoms with Crippen molar-refractivity contribution in [1.82, 2.24) is 9.21 Å². The van der Waals surface area contributed by atoms with Crippen molar-refractivity contribution in [3.63, 3.8) is 0 Å². The summed E-state index contributed by atoms with van der Waals surface area (Å²) in [5.74, 6) is -1.19. The standard InChI is InChI=1S/C16H30N2O5S/c1-11(2)13(15(20)23-16(3,4)5)17(6)14(19)12-8-9-18(10-12)24(7,21)22/h11-13H,8-10H2,1-7H3/t12-,13-/m0/s1. The van der Waals surface area contributed by atoms with Crippen molar-refractivity contribution in [3.05, 3.63) is 0 Å². The van der Waals surface area contributed by atoms with Crippen LogP contribution in [0.15, 0.2) is 0 Å². The van der Waals surface area contributed by atoms with Gasteiger partial charge >= 0.3 is 5.97 Å². The summed E-state index contributed by atoms with van der Waals surface area (Å²) in [6.45, 7) is 9.57. The van der Waals surface area contributed by atoms with Gasteiger partial charge in [0, 0.05) is 20.1 Å². The van der Waals surface area contributed by atoms with Crippen LogP contribution in [0.3, 0.4) is 0 Å². The van der Waals surface area contributed by atoms with Crippen LogP contribution in [-0.4, -0.2) is 67.5 Å². The minimum absolute atomic E-state index is 0.110. The summed E-state index contributed by atoms with van der Waals surface area (Å²) in [5, 5.41) is 0. The molecule has 2 atom stereocenters. The molecule has 0 aromatic heterocycles. The van der Waals surface area contributed by atoms with Crippen molar-refractivity contribution in [1.29, 1.82) is 0 Å². The van der Waals surface area contributed by atoms with Crippen molar-refractivity contribution >= 4 is 21.9 Å². The van der Waals surface area contributed by atoms with Gasteiger partial charge in [-0.15, -0.1) is 0 Å². The first kappa shape index (κ1) is 20.9. The fourth-order valence-electron chi connectivity index (χ4n) is 2.90. The number of sulfonamides is 1. The highest BCUT2D eigenvalue weighted by Gasteiger charge is 2.39. The lowest BCUT2D eigenvalue weighted by molar-refractivity contribution is -0.166. The van der Waals surface area contributed by atoms with Gasteiger partial charge in [-0.05, 0) is 33.1 Å². The predicted octanol–water partition coefficient (Wildman–Crippen LogP) is 1.09. The fourth-order valence-corrected chi connectivity index (χ4v) is 3.78. The van der Waals surface area contributed by atoms with E-state index in [1.54, 1.807) is 27.8 Å². The Hall–Kier alpha value is -1.15. The van der Waals surface area contributed by atoms with Crippen LogP contribution in [0.25, 0.3) is 0 Å². The number of hydrogen-bond acceptors (Lipinski definition) is 5. The quantitative estimate of drug-likeness (QED) is 0.684. The third-order valence-corrected chi connectivity index (χ3v) is 5.28. The molecule has 0 bridgehead atoms. The largest absolute Gasteiger partial charge is 0.458 e. The van der Waals surface area contributed by atoms with E-state index in [-0.39, 0.29) is 18.4 Å². The number of amides is 1. The summed E-state index contributed by atoms with van der Waals surface area (Å²) in [6.07, 6.45) is 1.61. The molecule has 0 saturated carbocycles. The Balaban J connectivity index is 2.86. The number of carbonyl (C=O) groups is 2. The van der Waals surface area contributed by atoms with Crippen molar-refractivity contribution in [2.75, 3.05) is 26.4 Å². The Kier molecular flexibility index (Phi) is 6.43. The smallest absolute Gasteiger partial charge is 0.329 e. The molecule has 7 nitrogen and oxygen atoms in total. The molecular weight excluding hydrogens is 332 g/mol.